The molecule has 0 spiro atoms. The zero-order valence-corrected chi connectivity index (χ0v) is 13.7. The molecule has 0 aliphatic heterocycles. The van der Waals surface area contributed by atoms with Gasteiger partial charge in [-0.15, -0.1) is 0 Å². The highest BCUT2D eigenvalue weighted by Gasteiger charge is 2.03. The fourth-order valence-electron chi connectivity index (χ4n) is 2.41. The van der Waals surface area contributed by atoms with Crippen LogP contribution >= 0.6 is 0 Å². The van der Waals surface area contributed by atoms with Crippen LogP contribution in [0.5, 0.6) is 5.75 Å². The van der Waals surface area contributed by atoms with E-state index in [1.807, 2.05) is 19.1 Å². The summed E-state index contributed by atoms with van der Waals surface area (Å²) in [5.74, 6) is 1.04. The number of unbranched alkanes of at least 4 members (excludes halogenated alkanes) is 5. The Morgan fingerprint density at radius 3 is 2.52 bits per heavy atom. The van der Waals surface area contributed by atoms with Crippen molar-refractivity contribution in [2.75, 3.05) is 7.11 Å². The minimum absolute atomic E-state index is 0.152. The Labute approximate surface area is 129 Å². The highest BCUT2D eigenvalue weighted by Crippen LogP contribution is 2.18. The van der Waals surface area contributed by atoms with Gasteiger partial charge in [0.2, 0.25) is 5.91 Å². The minimum Gasteiger partial charge on any atom is -0.496 e. The Kier molecular flexibility index (Phi) is 8.56. The van der Waals surface area contributed by atoms with Gasteiger partial charge in [-0.3, -0.25) is 4.79 Å². The fourth-order valence-corrected chi connectivity index (χ4v) is 2.41. The number of rotatable bonds is 10. The van der Waals surface area contributed by atoms with Crippen LogP contribution in [-0.2, 0) is 11.3 Å². The van der Waals surface area contributed by atoms with E-state index >= 15 is 0 Å². The third kappa shape index (κ3) is 7.16. The number of carbonyl (C=O) groups is 1. The van der Waals surface area contributed by atoms with Crippen molar-refractivity contribution in [3.8, 4) is 5.75 Å². The molecule has 0 fully saturated rings. The number of nitrogens with one attached hydrogen (secondary N) is 1. The van der Waals surface area contributed by atoms with Crippen LogP contribution in [0.15, 0.2) is 18.2 Å². The lowest BCUT2D eigenvalue weighted by Gasteiger charge is -2.09. The van der Waals surface area contributed by atoms with Crippen molar-refractivity contribution in [3.05, 3.63) is 29.3 Å². The van der Waals surface area contributed by atoms with Crippen LogP contribution in [0, 0.1) is 6.92 Å². The van der Waals surface area contributed by atoms with Gasteiger partial charge in [0.1, 0.15) is 5.75 Å². The van der Waals surface area contributed by atoms with E-state index in [9.17, 15) is 4.79 Å². The van der Waals surface area contributed by atoms with E-state index in [1.54, 1.807) is 7.11 Å². The lowest BCUT2D eigenvalue weighted by molar-refractivity contribution is -0.121. The van der Waals surface area contributed by atoms with Gasteiger partial charge in [0.25, 0.3) is 0 Å². The molecule has 118 valence electrons. The SMILES string of the molecule is CCCCCCCCC(=O)NCc1ccc(OC)c(C)c1. The maximum absolute atomic E-state index is 11.8. The summed E-state index contributed by atoms with van der Waals surface area (Å²) in [5, 5.41) is 2.99. The molecule has 1 aromatic rings. The van der Waals surface area contributed by atoms with Gasteiger partial charge >= 0.3 is 0 Å². The predicted octanol–water partition coefficient (Wildman–Crippen LogP) is 4.37. The molecule has 21 heavy (non-hydrogen) atoms. The molecule has 3 heteroatoms. The van der Waals surface area contributed by atoms with E-state index in [0.29, 0.717) is 13.0 Å². The second-order valence-corrected chi connectivity index (χ2v) is 5.60. The zero-order valence-electron chi connectivity index (χ0n) is 13.7. The van der Waals surface area contributed by atoms with E-state index in [2.05, 4.69) is 18.3 Å². The molecule has 0 aliphatic rings. The largest absolute Gasteiger partial charge is 0.496 e. The van der Waals surface area contributed by atoms with E-state index in [0.717, 1.165) is 29.7 Å². The topological polar surface area (TPSA) is 38.3 Å². The average molecular weight is 291 g/mol. The van der Waals surface area contributed by atoms with Gasteiger partial charge in [0.05, 0.1) is 7.11 Å². The summed E-state index contributed by atoms with van der Waals surface area (Å²) in [5.41, 5.74) is 2.21. The molecule has 1 N–H and O–H groups in total. The lowest BCUT2D eigenvalue weighted by atomic mass is 10.1. The summed E-state index contributed by atoms with van der Waals surface area (Å²) in [6, 6.07) is 6.01. The molecule has 0 aliphatic carbocycles. The van der Waals surface area contributed by atoms with Gasteiger partial charge in [-0.2, -0.15) is 0 Å². The molecule has 0 heterocycles. The van der Waals surface area contributed by atoms with Crippen molar-refractivity contribution in [1.82, 2.24) is 5.32 Å². The van der Waals surface area contributed by atoms with Gasteiger partial charge in [-0.05, 0) is 30.5 Å². The highest BCUT2D eigenvalue weighted by atomic mass is 16.5. The monoisotopic (exact) mass is 291 g/mol. The Morgan fingerprint density at radius 1 is 1.14 bits per heavy atom. The van der Waals surface area contributed by atoms with Crippen LogP contribution in [0.4, 0.5) is 0 Å². The molecule has 1 rings (SSSR count). The van der Waals surface area contributed by atoms with Crippen molar-refractivity contribution in [3.63, 3.8) is 0 Å². The molecular formula is C18H29NO2. The lowest BCUT2D eigenvalue weighted by Crippen LogP contribution is -2.22. The van der Waals surface area contributed by atoms with Crippen LogP contribution in [-0.4, -0.2) is 13.0 Å². The quantitative estimate of drug-likeness (QED) is 0.650. The van der Waals surface area contributed by atoms with Crippen LogP contribution in [0.25, 0.3) is 0 Å². The summed E-state index contributed by atoms with van der Waals surface area (Å²) < 4.78 is 5.23. The molecular weight excluding hydrogens is 262 g/mol. The summed E-state index contributed by atoms with van der Waals surface area (Å²) >= 11 is 0. The normalized spacial score (nSPS) is 10.4. The Hall–Kier alpha value is -1.51. The smallest absolute Gasteiger partial charge is 0.220 e. The predicted molar refractivity (Wildman–Crippen MR) is 87.6 cm³/mol. The first-order chi connectivity index (χ1) is 10.2. The number of methoxy groups -OCH3 is 1. The van der Waals surface area contributed by atoms with Crippen LogP contribution in [0.1, 0.15) is 63.0 Å². The van der Waals surface area contributed by atoms with Gasteiger partial charge in [0, 0.05) is 13.0 Å². The Bertz CT molecular complexity index is 429. The molecule has 0 aromatic heterocycles. The summed E-state index contributed by atoms with van der Waals surface area (Å²) in [6.45, 7) is 4.83. The molecule has 1 amide bonds. The second-order valence-electron chi connectivity index (χ2n) is 5.60. The van der Waals surface area contributed by atoms with E-state index < -0.39 is 0 Å². The summed E-state index contributed by atoms with van der Waals surface area (Å²) in [4.78, 5) is 11.8. The van der Waals surface area contributed by atoms with Crippen LogP contribution < -0.4 is 10.1 Å². The minimum atomic E-state index is 0.152. The number of aryl methyl sites for hydroxylation is 1. The molecule has 0 radical (unpaired) electrons. The molecule has 0 unspecified atom stereocenters. The van der Waals surface area contributed by atoms with E-state index in [-0.39, 0.29) is 5.91 Å². The van der Waals surface area contributed by atoms with Crippen molar-refractivity contribution >= 4 is 5.91 Å². The number of hydrogen-bond acceptors (Lipinski definition) is 2. The number of carbonyl (C=O) groups excluding carboxylic acids is 1. The average Bonchev–Trinajstić information content (AvgIpc) is 2.49. The molecule has 0 bridgehead atoms. The van der Waals surface area contributed by atoms with E-state index in [4.69, 9.17) is 4.74 Å². The van der Waals surface area contributed by atoms with Crippen molar-refractivity contribution in [2.45, 2.75) is 65.3 Å². The van der Waals surface area contributed by atoms with Gasteiger partial charge in [-0.25, -0.2) is 0 Å². The Balaban J connectivity index is 2.19. The van der Waals surface area contributed by atoms with Gasteiger partial charge in [0.15, 0.2) is 0 Å². The van der Waals surface area contributed by atoms with Crippen LogP contribution in [0.3, 0.4) is 0 Å². The number of amides is 1. The molecule has 3 nitrogen and oxygen atoms in total. The molecule has 0 saturated heterocycles. The Morgan fingerprint density at radius 2 is 1.86 bits per heavy atom. The fraction of sp³-hybridized carbons (Fsp3) is 0.611. The van der Waals surface area contributed by atoms with Crippen molar-refractivity contribution in [2.24, 2.45) is 0 Å². The maximum Gasteiger partial charge on any atom is 0.220 e. The van der Waals surface area contributed by atoms with Crippen molar-refractivity contribution in [1.29, 1.82) is 0 Å². The highest BCUT2D eigenvalue weighted by molar-refractivity contribution is 5.75. The number of benzene rings is 1. The van der Waals surface area contributed by atoms with Gasteiger partial charge < -0.3 is 10.1 Å². The first-order valence-corrected chi connectivity index (χ1v) is 8.07. The summed E-state index contributed by atoms with van der Waals surface area (Å²) in [6.07, 6.45) is 7.92. The second kappa shape index (κ2) is 10.3. The molecule has 1 aromatic carbocycles. The first kappa shape index (κ1) is 17.5. The van der Waals surface area contributed by atoms with Crippen LogP contribution in [0.2, 0.25) is 0 Å². The van der Waals surface area contributed by atoms with Gasteiger partial charge in [-0.1, -0.05) is 51.2 Å². The van der Waals surface area contributed by atoms with E-state index in [1.165, 1.54) is 25.7 Å². The number of ether oxygens (including phenoxy) is 1. The zero-order chi connectivity index (χ0) is 15.5. The standard InChI is InChI=1S/C18H29NO2/c1-4-5-6-7-8-9-10-18(20)19-14-16-11-12-17(21-3)15(2)13-16/h11-13H,4-10,14H2,1-3H3,(H,19,20). The molecule has 0 saturated carbocycles. The summed E-state index contributed by atoms with van der Waals surface area (Å²) in [7, 11) is 1.67. The third-order valence-corrected chi connectivity index (χ3v) is 3.71. The maximum atomic E-state index is 11.8. The first-order valence-electron chi connectivity index (χ1n) is 8.07. The van der Waals surface area contributed by atoms with Crippen molar-refractivity contribution < 1.29 is 9.53 Å². The third-order valence-electron chi connectivity index (χ3n) is 3.71. The molecule has 0 atom stereocenters. The number of hydrogen-bond donors (Lipinski definition) is 1.